The monoisotopic (exact) mass is 450 g/mol. The zero-order valence-corrected chi connectivity index (χ0v) is 21.4. The first-order valence-electron chi connectivity index (χ1n) is 12.3. The van der Waals surface area contributed by atoms with Crippen molar-refractivity contribution in [2.45, 2.75) is 60.8 Å². The summed E-state index contributed by atoms with van der Waals surface area (Å²) in [6.07, 6.45) is 3.17. The molecular weight excluding hydrogens is 408 g/mol. The quantitative estimate of drug-likeness (QED) is 0.490. The van der Waals surface area contributed by atoms with E-state index in [1.54, 1.807) is 12.1 Å². The highest BCUT2D eigenvalue weighted by Gasteiger charge is 2.12. The standard InChI is InChI=1S/C21H24O2.C8H18N2/c1-5-14(2)16(4)20-13-18(7-6-15(20)3)12-17-8-10-19(11-9-17)21(22)23;1-3-8(2)6-10-5-4-9-7-10/h6-11,13H,5,12H2,1-4H3,(H,22,23);8-9H,3-7H2,1-2H3/b16-14-;. The van der Waals surface area contributed by atoms with E-state index in [9.17, 15) is 4.79 Å². The zero-order valence-electron chi connectivity index (χ0n) is 21.4. The third-order valence-corrected chi connectivity index (χ3v) is 6.69. The van der Waals surface area contributed by atoms with Crippen LogP contribution in [0.2, 0.25) is 0 Å². The lowest BCUT2D eigenvalue weighted by molar-refractivity contribution is 0.0697. The van der Waals surface area contributed by atoms with Gasteiger partial charge in [-0.3, -0.25) is 4.90 Å². The molecule has 1 unspecified atom stereocenters. The van der Waals surface area contributed by atoms with Gasteiger partial charge in [0.25, 0.3) is 0 Å². The van der Waals surface area contributed by atoms with Crippen molar-refractivity contribution in [2.75, 3.05) is 26.3 Å². The van der Waals surface area contributed by atoms with Crippen molar-refractivity contribution in [3.8, 4) is 0 Å². The number of carboxylic acid groups (broad SMARTS) is 1. The Hall–Kier alpha value is -2.43. The number of aryl methyl sites for hydroxylation is 1. The number of allylic oxidation sites excluding steroid dienone is 2. The van der Waals surface area contributed by atoms with E-state index in [4.69, 9.17) is 5.11 Å². The molecule has 1 heterocycles. The molecule has 1 aliphatic heterocycles. The second-order valence-corrected chi connectivity index (χ2v) is 9.34. The van der Waals surface area contributed by atoms with Crippen molar-refractivity contribution in [3.05, 3.63) is 75.9 Å². The molecule has 0 bridgehead atoms. The van der Waals surface area contributed by atoms with Crippen LogP contribution in [0, 0.1) is 12.8 Å². The maximum absolute atomic E-state index is 10.9. The molecule has 0 aliphatic carbocycles. The topological polar surface area (TPSA) is 52.6 Å². The summed E-state index contributed by atoms with van der Waals surface area (Å²) < 4.78 is 0. The molecule has 4 heteroatoms. The Balaban J connectivity index is 0.000000321. The van der Waals surface area contributed by atoms with Gasteiger partial charge in [-0.1, -0.05) is 63.1 Å². The lowest BCUT2D eigenvalue weighted by Gasteiger charge is -2.17. The summed E-state index contributed by atoms with van der Waals surface area (Å²) in [4.78, 5) is 13.4. The Kier molecular flexibility index (Phi) is 10.8. The number of carboxylic acids is 1. The Morgan fingerprint density at radius 1 is 1.09 bits per heavy atom. The van der Waals surface area contributed by atoms with E-state index < -0.39 is 5.97 Å². The lowest BCUT2D eigenvalue weighted by atomic mass is 9.93. The van der Waals surface area contributed by atoms with E-state index in [2.05, 4.69) is 70.0 Å². The van der Waals surface area contributed by atoms with E-state index in [1.165, 1.54) is 53.9 Å². The Morgan fingerprint density at radius 2 is 1.76 bits per heavy atom. The minimum Gasteiger partial charge on any atom is -0.478 e. The van der Waals surface area contributed by atoms with Gasteiger partial charge in [0.05, 0.1) is 5.56 Å². The summed E-state index contributed by atoms with van der Waals surface area (Å²) >= 11 is 0. The third-order valence-electron chi connectivity index (χ3n) is 6.69. The fraction of sp³-hybridized carbons (Fsp3) is 0.483. The predicted octanol–water partition coefficient (Wildman–Crippen LogP) is 6.38. The maximum Gasteiger partial charge on any atom is 0.335 e. The van der Waals surface area contributed by atoms with Crippen molar-refractivity contribution in [1.29, 1.82) is 0 Å². The molecular formula is C29H42N2O2. The van der Waals surface area contributed by atoms with Crippen LogP contribution in [0.3, 0.4) is 0 Å². The third kappa shape index (κ3) is 8.45. The molecule has 1 atom stereocenters. The first-order valence-corrected chi connectivity index (χ1v) is 12.3. The number of benzene rings is 2. The zero-order chi connectivity index (χ0) is 24.4. The number of rotatable bonds is 8. The molecule has 0 radical (unpaired) electrons. The second-order valence-electron chi connectivity index (χ2n) is 9.34. The molecule has 0 amide bonds. The van der Waals surface area contributed by atoms with Crippen LogP contribution in [-0.4, -0.2) is 42.3 Å². The Labute approximate surface area is 200 Å². The van der Waals surface area contributed by atoms with Crippen molar-refractivity contribution in [3.63, 3.8) is 0 Å². The van der Waals surface area contributed by atoms with Crippen LogP contribution in [0.25, 0.3) is 5.57 Å². The summed E-state index contributed by atoms with van der Waals surface area (Å²) in [6, 6.07) is 13.7. The van der Waals surface area contributed by atoms with E-state index in [-0.39, 0.29) is 0 Å². The van der Waals surface area contributed by atoms with Crippen LogP contribution in [0.5, 0.6) is 0 Å². The van der Waals surface area contributed by atoms with Gasteiger partial charge in [-0.15, -0.1) is 0 Å². The molecule has 180 valence electrons. The summed E-state index contributed by atoms with van der Waals surface area (Å²) in [6.45, 7) is 18.1. The molecule has 4 nitrogen and oxygen atoms in total. The first kappa shape index (κ1) is 26.8. The molecule has 1 fully saturated rings. The van der Waals surface area contributed by atoms with Crippen LogP contribution < -0.4 is 5.32 Å². The van der Waals surface area contributed by atoms with Gasteiger partial charge in [0, 0.05) is 26.3 Å². The van der Waals surface area contributed by atoms with Crippen molar-refractivity contribution < 1.29 is 9.90 Å². The second kappa shape index (κ2) is 13.3. The molecule has 1 saturated heterocycles. The summed E-state index contributed by atoms with van der Waals surface area (Å²) in [5.41, 5.74) is 8.07. The molecule has 1 aliphatic rings. The van der Waals surface area contributed by atoms with Crippen LogP contribution in [-0.2, 0) is 6.42 Å². The minimum absolute atomic E-state index is 0.329. The van der Waals surface area contributed by atoms with Gasteiger partial charge in [0.1, 0.15) is 0 Å². The number of hydrogen-bond acceptors (Lipinski definition) is 3. The average molecular weight is 451 g/mol. The van der Waals surface area contributed by atoms with E-state index in [0.29, 0.717) is 5.56 Å². The van der Waals surface area contributed by atoms with Gasteiger partial charge < -0.3 is 10.4 Å². The predicted molar refractivity (Wildman–Crippen MR) is 140 cm³/mol. The highest BCUT2D eigenvalue weighted by atomic mass is 16.4. The number of hydrogen-bond donors (Lipinski definition) is 2. The SMILES string of the molecule is CC/C(C)=C(/C)c1cc(Cc2ccc(C(=O)O)cc2)ccc1C.CCC(C)CN1CCNC1. The molecule has 0 aromatic heterocycles. The van der Waals surface area contributed by atoms with Crippen LogP contribution in [0.1, 0.15) is 80.1 Å². The first-order chi connectivity index (χ1) is 15.7. The molecule has 2 aromatic carbocycles. The Morgan fingerprint density at radius 3 is 2.30 bits per heavy atom. The number of nitrogens with one attached hydrogen (secondary N) is 1. The van der Waals surface area contributed by atoms with Crippen LogP contribution >= 0.6 is 0 Å². The van der Waals surface area contributed by atoms with Crippen molar-refractivity contribution in [1.82, 2.24) is 10.2 Å². The fourth-order valence-corrected chi connectivity index (χ4v) is 3.96. The summed E-state index contributed by atoms with van der Waals surface area (Å²) in [7, 11) is 0. The number of aromatic carboxylic acids is 1. The molecule has 0 saturated carbocycles. The lowest BCUT2D eigenvalue weighted by Crippen LogP contribution is -2.26. The number of nitrogens with zero attached hydrogens (tertiary/aromatic N) is 1. The van der Waals surface area contributed by atoms with Gasteiger partial charge in [-0.05, 0) is 79.5 Å². The van der Waals surface area contributed by atoms with E-state index in [1.807, 2.05) is 12.1 Å². The molecule has 2 aromatic rings. The molecule has 0 spiro atoms. The van der Waals surface area contributed by atoms with Gasteiger partial charge in [-0.2, -0.15) is 0 Å². The van der Waals surface area contributed by atoms with Gasteiger partial charge in [0.2, 0.25) is 0 Å². The van der Waals surface area contributed by atoms with Gasteiger partial charge in [0.15, 0.2) is 0 Å². The van der Waals surface area contributed by atoms with Gasteiger partial charge in [-0.25, -0.2) is 4.79 Å². The Bertz CT molecular complexity index is 925. The van der Waals surface area contributed by atoms with E-state index >= 15 is 0 Å². The normalized spacial score (nSPS) is 15.5. The summed E-state index contributed by atoms with van der Waals surface area (Å²) in [5.74, 6) is -0.0233. The molecule has 3 rings (SSSR count). The highest BCUT2D eigenvalue weighted by Crippen LogP contribution is 2.25. The van der Waals surface area contributed by atoms with Crippen molar-refractivity contribution in [2.24, 2.45) is 5.92 Å². The largest absolute Gasteiger partial charge is 0.478 e. The fourth-order valence-electron chi connectivity index (χ4n) is 3.96. The van der Waals surface area contributed by atoms with Crippen LogP contribution in [0.4, 0.5) is 0 Å². The van der Waals surface area contributed by atoms with Crippen molar-refractivity contribution >= 4 is 11.5 Å². The molecule has 33 heavy (non-hydrogen) atoms. The summed E-state index contributed by atoms with van der Waals surface area (Å²) in [5, 5.41) is 12.3. The minimum atomic E-state index is -0.884. The van der Waals surface area contributed by atoms with Crippen LogP contribution in [0.15, 0.2) is 48.0 Å². The smallest absolute Gasteiger partial charge is 0.335 e. The maximum atomic E-state index is 10.9. The van der Waals surface area contributed by atoms with E-state index in [0.717, 1.165) is 31.0 Å². The molecule has 2 N–H and O–H groups in total. The average Bonchev–Trinajstić information content (AvgIpc) is 3.33. The van der Waals surface area contributed by atoms with Gasteiger partial charge >= 0.3 is 5.97 Å². The highest BCUT2D eigenvalue weighted by molar-refractivity contribution is 5.87. The number of carbonyl (C=O) groups is 1.